The maximum absolute atomic E-state index is 9.00. The molecule has 0 heterocycles. The molecule has 0 aromatic rings. The number of hydrogen-bond donors (Lipinski definition) is 0. The van der Waals surface area contributed by atoms with Crippen LogP contribution in [0.2, 0.25) is 0 Å². The SMILES string of the molecule is [Na+].[Na+].[O-]OOOOOOOOOOOO[O-]. The van der Waals surface area contributed by atoms with Crippen molar-refractivity contribution in [3.8, 4) is 0 Å². The van der Waals surface area contributed by atoms with E-state index in [0.717, 1.165) is 0 Å². The van der Waals surface area contributed by atoms with E-state index in [1.807, 2.05) is 0 Å². The van der Waals surface area contributed by atoms with Crippen molar-refractivity contribution in [3.05, 3.63) is 0 Å². The topological polar surface area (TPSA) is 157 Å². The Kier molecular flexibility index (Phi) is 30.7. The van der Waals surface area contributed by atoms with Crippen LogP contribution in [0.4, 0.5) is 0 Å². The van der Waals surface area contributed by atoms with Gasteiger partial charge in [-0.1, -0.05) is 0 Å². The summed E-state index contributed by atoms with van der Waals surface area (Å²) in [7, 11) is 0. The van der Waals surface area contributed by atoms with Crippen molar-refractivity contribution in [1.82, 2.24) is 0 Å². The molecule has 0 saturated heterocycles. The maximum atomic E-state index is 9.00. The molecule has 0 spiro atoms. The second-order valence-electron chi connectivity index (χ2n) is 0.816. The molecule has 0 unspecified atom stereocenters. The van der Waals surface area contributed by atoms with Crippen molar-refractivity contribution in [3.63, 3.8) is 0 Å². The van der Waals surface area contributed by atoms with Crippen LogP contribution in [0.25, 0.3) is 0 Å². The van der Waals surface area contributed by atoms with Crippen molar-refractivity contribution in [2.75, 3.05) is 0 Å². The van der Waals surface area contributed by atoms with Gasteiger partial charge in [0.05, 0.1) is 0 Å². The summed E-state index contributed by atoms with van der Waals surface area (Å²) in [4.78, 5) is 0. The summed E-state index contributed by atoms with van der Waals surface area (Å²) in [5.74, 6) is 0. The van der Waals surface area contributed by atoms with Crippen LogP contribution in [-0.2, 0) is 60.5 Å². The van der Waals surface area contributed by atoms with Gasteiger partial charge in [-0.3, -0.25) is 10.1 Å². The summed E-state index contributed by atoms with van der Waals surface area (Å²) in [6, 6.07) is 0. The van der Waals surface area contributed by atoms with Gasteiger partial charge in [0.15, 0.2) is 0 Å². The van der Waals surface area contributed by atoms with Crippen LogP contribution in [-0.4, -0.2) is 0 Å². The van der Waals surface area contributed by atoms with E-state index in [-0.39, 0.29) is 59.1 Å². The molecule has 0 N–H and O–H groups in total. The molecule has 0 aromatic carbocycles. The molecule has 16 heteroatoms. The zero-order valence-electron chi connectivity index (χ0n) is 7.72. The van der Waals surface area contributed by atoms with Crippen molar-refractivity contribution < 1.29 is 130 Å². The molecule has 0 rings (SSSR count). The largest absolute Gasteiger partial charge is 1.00 e. The van der Waals surface area contributed by atoms with Crippen LogP contribution >= 0.6 is 0 Å². The van der Waals surface area contributed by atoms with E-state index < -0.39 is 0 Å². The van der Waals surface area contributed by atoms with E-state index in [0.29, 0.717) is 0 Å². The molecular formula is Na2O14. The third-order valence-corrected chi connectivity index (χ3v) is 0.306. The molecule has 0 radical (unpaired) electrons. The third-order valence-electron chi connectivity index (χ3n) is 0.306. The summed E-state index contributed by atoms with van der Waals surface area (Å²) in [5.41, 5.74) is 0. The Morgan fingerprint density at radius 3 is 0.750 bits per heavy atom. The minimum atomic E-state index is 0. The Hall–Kier alpha value is 1.44. The van der Waals surface area contributed by atoms with Crippen LogP contribution in [0.3, 0.4) is 0 Å². The van der Waals surface area contributed by atoms with Crippen LogP contribution in [0.1, 0.15) is 0 Å². The van der Waals surface area contributed by atoms with E-state index in [2.05, 4.69) is 60.5 Å². The molecule has 0 aliphatic rings. The molecule has 14 nitrogen and oxygen atoms in total. The van der Waals surface area contributed by atoms with E-state index in [4.69, 9.17) is 10.5 Å². The minimum absolute atomic E-state index is 0. The Labute approximate surface area is 129 Å². The van der Waals surface area contributed by atoms with Gasteiger partial charge in [-0.05, 0) is 50.4 Å². The Morgan fingerprint density at radius 2 is 0.562 bits per heavy atom. The van der Waals surface area contributed by atoms with Gasteiger partial charge in [0.1, 0.15) is 0 Å². The van der Waals surface area contributed by atoms with E-state index in [9.17, 15) is 0 Å². The molecule has 0 aliphatic carbocycles. The summed E-state index contributed by atoms with van der Waals surface area (Å²) in [5, 5.41) is 56.0. The van der Waals surface area contributed by atoms with Gasteiger partial charge in [0.25, 0.3) is 0 Å². The van der Waals surface area contributed by atoms with Crippen molar-refractivity contribution in [1.29, 1.82) is 0 Å². The fourth-order valence-electron chi connectivity index (χ4n) is 0.113. The van der Waals surface area contributed by atoms with E-state index >= 15 is 0 Å². The van der Waals surface area contributed by atoms with E-state index in [1.54, 1.807) is 0 Å². The van der Waals surface area contributed by atoms with Gasteiger partial charge in [0, 0.05) is 0 Å². The van der Waals surface area contributed by atoms with Crippen molar-refractivity contribution in [2.45, 2.75) is 0 Å². The molecule has 0 aliphatic heterocycles. The Bertz CT molecular complexity index is 82.7. The van der Waals surface area contributed by atoms with Gasteiger partial charge in [-0.2, -0.15) is 0 Å². The molecule has 0 atom stereocenters. The maximum Gasteiger partial charge on any atom is 1.00 e. The first kappa shape index (κ1) is 22.6. The fourth-order valence-corrected chi connectivity index (χ4v) is 0.113. The third kappa shape index (κ3) is 20.8. The first-order valence-electron chi connectivity index (χ1n) is 2.17. The number of rotatable bonds is 11. The zero-order chi connectivity index (χ0) is 10.5. The average Bonchev–Trinajstić information content (AvgIpc) is 2.21. The first-order valence-corrected chi connectivity index (χ1v) is 2.17. The van der Waals surface area contributed by atoms with Crippen molar-refractivity contribution in [2.24, 2.45) is 0 Å². The summed E-state index contributed by atoms with van der Waals surface area (Å²) >= 11 is 0. The second kappa shape index (κ2) is 21.7. The second-order valence-corrected chi connectivity index (χ2v) is 0.816. The quantitative estimate of drug-likeness (QED) is 0.151. The Balaban J connectivity index is -0.000000845. The Morgan fingerprint density at radius 1 is 0.375 bits per heavy atom. The van der Waals surface area contributed by atoms with Gasteiger partial charge in [-0.25, -0.2) is 0 Å². The van der Waals surface area contributed by atoms with Gasteiger partial charge >= 0.3 is 59.1 Å². The normalized spacial score (nSPS) is 9.38. The van der Waals surface area contributed by atoms with Crippen LogP contribution in [0.15, 0.2) is 0 Å². The monoisotopic (exact) mass is 270 g/mol. The summed E-state index contributed by atoms with van der Waals surface area (Å²) in [6.07, 6.45) is 0. The standard InChI is InChI=1S/2Na.H2O14/c;;1-3-5-7-9-11-13-14-12-10-8-6-4-2/h;;1-2H/q2*+1;/p-2. The van der Waals surface area contributed by atoms with Crippen LogP contribution in [0, 0.1) is 0 Å². The minimum Gasteiger partial charge on any atom is -0.689 e. The number of hydrogen-bond acceptors (Lipinski definition) is 14. The molecular weight excluding hydrogens is 270 g/mol. The summed E-state index contributed by atoms with van der Waals surface area (Å²) in [6.45, 7) is 0. The molecule has 0 bridgehead atoms. The predicted molar refractivity (Wildman–Crippen MR) is 13.0 cm³/mol. The van der Waals surface area contributed by atoms with Gasteiger partial charge in [0.2, 0.25) is 0 Å². The fraction of sp³-hybridized carbons (Fsp3) is 0. The molecule has 86 valence electrons. The van der Waals surface area contributed by atoms with Crippen LogP contribution in [0.5, 0.6) is 0 Å². The molecule has 16 heavy (non-hydrogen) atoms. The van der Waals surface area contributed by atoms with Gasteiger partial charge in [-0.15, -0.1) is 0 Å². The smallest absolute Gasteiger partial charge is 0.689 e. The molecule has 0 fully saturated rings. The molecule has 0 amide bonds. The van der Waals surface area contributed by atoms with Gasteiger partial charge < -0.3 is 10.5 Å². The van der Waals surface area contributed by atoms with E-state index in [1.165, 1.54) is 0 Å². The molecule has 0 aromatic heterocycles. The first-order chi connectivity index (χ1) is 6.91. The van der Waals surface area contributed by atoms with Crippen LogP contribution < -0.4 is 69.6 Å². The average molecular weight is 270 g/mol. The predicted octanol–water partition coefficient (Wildman–Crippen LogP) is -9.19. The summed E-state index contributed by atoms with van der Waals surface area (Å²) < 4.78 is 0. The zero-order valence-corrected chi connectivity index (χ0v) is 11.7. The molecule has 0 saturated carbocycles. The van der Waals surface area contributed by atoms with Crippen molar-refractivity contribution >= 4 is 0 Å².